The highest BCUT2D eigenvalue weighted by atomic mass is 19.1. The molecule has 0 spiro atoms. The third-order valence-electron chi connectivity index (χ3n) is 3.19. The van der Waals surface area contributed by atoms with Gasteiger partial charge >= 0.3 is 5.97 Å². The molecule has 0 saturated carbocycles. The van der Waals surface area contributed by atoms with Gasteiger partial charge in [0.05, 0.1) is 5.56 Å². The Morgan fingerprint density at radius 2 is 1.62 bits per heavy atom. The van der Waals surface area contributed by atoms with Gasteiger partial charge in [0, 0.05) is 6.54 Å². The maximum absolute atomic E-state index is 13.7. The lowest BCUT2D eigenvalue weighted by atomic mass is 10.1. The van der Waals surface area contributed by atoms with E-state index in [1.54, 1.807) is 0 Å². The minimum absolute atomic E-state index is 0.254. The van der Waals surface area contributed by atoms with E-state index in [4.69, 9.17) is 5.11 Å². The van der Waals surface area contributed by atoms with Crippen molar-refractivity contribution in [3.8, 4) is 0 Å². The molecule has 2 rings (SSSR count). The van der Waals surface area contributed by atoms with E-state index >= 15 is 0 Å². The van der Waals surface area contributed by atoms with Gasteiger partial charge in [-0.25, -0.2) is 13.6 Å². The largest absolute Gasteiger partial charge is 0.478 e. The number of benzene rings is 2. The van der Waals surface area contributed by atoms with Crippen molar-refractivity contribution < 1.29 is 18.7 Å². The molecule has 0 bridgehead atoms. The summed E-state index contributed by atoms with van der Waals surface area (Å²) in [5.74, 6) is -3.20. The Bertz CT molecular complexity index is 631. The molecule has 0 radical (unpaired) electrons. The van der Waals surface area contributed by atoms with Crippen LogP contribution in [0, 0.1) is 11.6 Å². The zero-order valence-corrected chi connectivity index (χ0v) is 11.5. The van der Waals surface area contributed by atoms with Gasteiger partial charge in [0.1, 0.15) is 17.3 Å². The monoisotopic (exact) mass is 291 g/mol. The summed E-state index contributed by atoms with van der Waals surface area (Å²) < 4.78 is 27.5. The van der Waals surface area contributed by atoms with E-state index in [0.717, 1.165) is 24.1 Å². The van der Waals surface area contributed by atoms with E-state index in [-0.39, 0.29) is 12.2 Å². The van der Waals surface area contributed by atoms with E-state index in [0.29, 0.717) is 0 Å². The van der Waals surface area contributed by atoms with Crippen molar-refractivity contribution in [3.63, 3.8) is 0 Å². The Morgan fingerprint density at radius 1 is 1.10 bits per heavy atom. The van der Waals surface area contributed by atoms with Crippen LogP contribution in [0.2, 0.25) is 0 Å². The molecule has 0 saturated heterocycles. The standard InChI is InChI=1S/C16H15F2NO2/c1-2-10-3-5-11(6-4-10)9-19-15-13(17)7-12(16(20)21)8-14(15)18/h3-8,19H,2,9H2,1H3,(H,20,21). The van der Waals surface area contributed by atoms with Crippen LogP contribution in [-0.2, 0) is 13.0 Å². The van der Waals surface area contributed by atoms with Gasteiger partial charge in [-0.3, -0.25) is 0 Å². The highest BCUT2D eigenvalue weighted by Gasteiger charge is 2.14. The number of hydrogen-bond acceptors (Lipinski definition) is 2. The second-order valence-electron chi connectivity index (χ2n) is 4.64. The summed E-state index contributed by atoms with van der Waals surface area (Å²) >= 11 is 0. The first-order valence-electron chi connectivity index (χ1n) is 6.55. The van der Waals surface area contributed by atoms with Crippen LogP contribution >= 0.6 is 0 Å². The van der Waals surface area contributed by atoms with Gasteiger partial charge in [-0.1, -0.05) is 31.2 Å². The summed E-state index contributed by atoms with van der Waals surface area (Å²) in [5.41, 5.74) is 1.33. The van der Waals surface area contributed by atoms with Gasteiger partial charge in [0.15, 0.2) is 0 Å². The molecule has 0 aliphatic heterocycles. The Kier molecular flexibility index (Phi) is 4.52. The molecule has 2 N–H and O–H groups in total. The molecular weight excluding hydrogens is 276 g/mol. The third kappa shape index (κ3) is 3.56. The second-order valence-corrected chi connectivity index (χ2v) is 4.64. The summed E-state index contributed by atoms with van der Waals surface area (Å²) in [5, 5.41) is 11.4. The molecule has 0 fully saturated rings. The number of anilines is 1. The predicted octanol–water partition coefficient (Wildman–Crippen LogP) is 3.84. The van der Waals surface area contributed by atoms with Crippen molar-refractivity contribution in [2.24, 2.45) is 0 Å². The number of aryl methyl sites for hydroxylation is 1. The fraction of sp³-hybridized carbons (Fsp3) is 0.188. The summed E-state index contributed by atoms with van der Waals surface area (Å²) in [6, 6.07) is 9.27. The van der Waals surface area contributed by atoms with Crippen LogP contribution in [-0.4, -0.2) is 11.1 Å². The van der Waals surface area contributed by atoms with Crippen LogP contribution in [0.4, 0.5) is 14.5 Å². The van der Waals surface area contributed by atoms with E-state index in [1.807, 2.05) is 31.2 Å². The first-order chi connectivity index (χ1) is 10.0. The van der Waals surface area contributed by atoms with Crippen molar-refractivity contribution in [2.45, 2.75) is 19.9 Å². The zero-order chi connectivity index (χ0) is 15.4. The summed E-state index contributed by atoms with van der Waals surface area (Å²) in [6.07, 6.45) is 0.924. The normalized spacial score (nSPS) is 10.4. The van der Waals surface area contributed by atoms with Gasteiger partial charge in [-0.2, -0.15) is 0 Å². The number of nitrogens with one attached hydrogen (secondary N) is 1. The van der Waals surface area contributed by atoms with Crippen LogP contribution in [0.1, 0.15) is 28.4 Å². The molecule has 5 heteroatoms. The first kappa shape index (κ1) is 15.0. The number of hydrogen-bond donors (Lipinski definition) is 2. The van der Waals surface area contributed by atoms with E-state index < -0.39 is 23.2 Å². The van der Waals surface area contributed by atoms with Crippen LogP contribution < -0.4 is 5.32 Å². The minimum Gasteiger partial charge on any atom is -0.478 e. The Balaban J connectivity index is 2.14. The number of carboxylic acid groups (broad SMARTS) is 1. The summed E-state index contributed by atoms with van der Waals surface area (Å²) in [6.45, 7) is 2.30. The van der Waals surface area contributed by atoms with E-state index in [2.05, 4.69) is 5.32 Å². The molecule has 2 aromatic carbocycles. The van der Waals surface area contributed by atoms with Crippen molar-refractivity contribution in [1.29, 1.82) is 0 Å². The van der Waals surface area contributed by atoms with Crippen LogP contribution in [0.15, 0.2) is 36.4 Å². The summed E-state index contributed by atoms with van der Waals surface area (Å²) in [7, 11) is 0. The summed E-state index contributed by atoms with van der Waals surface area (Å²) in [4.78, 5) is 10.7. The lowest BCUT2D eigenvalue weighted by Gasteiger charge is -2.10. The van der Waals surface area contributed by atoms with E-state index in [1.165, 1.54) is 5.56 Å². The molecule has 0 unspecified atom stereocenters. The third-order valence-corrected chi connectivity index (χ3v) is 3.19. The Morgan fingerprint density at radius 3 is 2.10 bits per heavy atom. The van der Waals surface area contributed by atoms with Crippen molar-refractivity contribution in [3.05, 3.63) is 64.7 Å². The SMILES string of the molecule is CCc1ccc(CNc2c(F)cc(C(=O)O)cc2F)cc1. The van der Waals surface area contributed by atoms with Gasteiger partial charge in [-0.15, -0.1) is 0 Å². The maximum Gasteiger partial charge on any atom is 0.335 e. The number of rotatable bonds is 5. The molecule has 0 aromatic heterocycles. The molecule has 0 amide bonds. The van der Waals surface area contributed by atoms with Gasteiger partial charge < -0.3 is 10.4 Å². The van der Waals surface area contributed by atoms with Crippen LogP contribution in [0.5, 0.6) is 0 Å². The zero-order valence-electron chi connectivity index (χ0n) is 11.5. The Hall–Kier alpha value is -2.43. The minimum atomic E-state index is -1.37. The topological polar surface area (TPSA) is 49.3 Å². The molecule has 0 aliphatic rings. The Labute approximate surface area is 121 Å². The highest BCUT2D eigenvalue weighted by Crippen LogP contribution is 2.21. The molecule has 0 aliphatic carbocycles. The molecule has 0 heterocycles. The quantitative estimate of drug-likeness (QED) is 0.880. The average molecular weight is 291 g/mol. The lowest BCUT2D eigenvalue weighted by molar-refractivity contribution is 0.0696. The van der Waals surface area contributed by atoms with Crippen molar-refractivity contribution in [2.75, 3.05) is 5.32 Å². The smallest absolute Gasteiger partial charge is 0.335 e. The highest BCUT2D eigenvalue weighted by molar-refractivity contribution is 5.88. The second kappa shape index (κ2) is 6.35. The molecule has 21 heavy (non-hydrogen) atoms. The van der Waals surface area contributed by atoms with Gasteiger partial charge in [0.2, 0.25) is 0 Å². The van der Waals surface area contributed by atoms with Crippen LogP contribution in [0.3, 0.4) is 0 Å². The van der Waals surface area contributed by atoms with Crippen molar-refractivity contribution >= 4 is 11.7 Å². The number of carboxylic acids is 1. The number of carbonyl (C=O) groups is 1. The average Bonchev–Trinajstić information content (AvgIpc) is 2.46. The molecular formula is C16H15F2NO2. The molecule has 0 atom stereocenters. The maximum atomic E-state index is 13.7. The molecule has 2 aromatic rings. The van der Waals surface area contributed by atoms with Gasteiger partial charge in [0.25, 0.3) is 0 Å². The van der Waals surface area contributed by atoms with Gasteiger partial charge in [-0.05, 0) is 29.7 Å². The lowest BCUT2D eigenvalue weighted by Crippen LogP contribution is -2.06. The number of aromatic carboxylic acids is 1. The fourth-order valence-electron chi connectivity index (χ4n) is 1.95. The van der Waals surface area contributed by atoms with Crippen LogP contribution in [0.25, 0.3) is 0 Å². The number of halogens is 2. The molecule has 110 valence electrons. The predicted molar refractivity (Wildman–Crippen MR) is 76.5 cm³/mol. The molecule has 3 nitrogen and oxygen atoms in total. The fourth-order valence-corrected chi connectivity index (χ4v) is 1.95. The van der Waals surface area contributed by atoms with E-state index in [9.17, 15) is 13.6 Å². The first-order valence-corrected chi connectivity index (χ1v) is 6.55. The van der Waals surface area contributed by atoms with Crippen molar-refractivity contribution in [1.82, 2.24) is 0 Å².